The van der Waals surface area contributed by atoms with Gasteiger partial charge in [0.1, 0.15) is 0 Å². The van der Waals surface area contributed by atoms with Crippen LogP contribution >= 0.6 is 0 Å². The second-order valence-corrected chi connectivity index (χ2v) is 6.39. The molecule has 4 heteroatoms. The van der Waals surface area contributed by atoms with Crippen molar-refractivity contribution in [2.24, 2.45) is 0 Å². The van der Waals surface area contributed by atoms with E-state index in [9.17, 15) is 9.90 Å². The Labute approximate surface area is 143 Å². The van der Waals surface area contributed by atoms with Crippen molar-refractivity contribution in [3.05, 3.63) is 59.4 Å². The molecule has 0 saturated carbocycles. The zero-order chi connectivity index (χ0) is 17.1. The molecule has 0 unspecified atom stereocenters. The molecule has 0 spiro atoms. The van der Waals surface area contributed by atoms with Crippen LogP contribution in [0, 0.1) is 13.8 Å². The van der Waals surface area contributed by atoms with E-state index >= 15 is 0 Å². The molecule has 1 aliphatic rings. The second-order valence-electron chi connectivity index (χ2n) is 6.39. The van der Waals surface area contributed by atoms with Gasteiger partial charge in [0.25, 0.3) is 0 Å². The number of likely N-dealkylation sites (tertiary alicyclic amines) is 1. The fourth-order valence-corrected chi connectivity index (χ4v) is 3.28. The van der Waals surface area contributed by atoms with Gasteiger partial charge in [0, 0.05) is 36.2 Å². The van der Waals surface area contributed by atoms with Crippen molar-refractivity contribution in [2.75, 3.05) is 13.1 Å². The monoisotopic (exact) mass is 324 g/mol. The summed E-state index contributed by atoms with van der Waals surface area (Å²) in [6.07, 6.45) is 4.62. The number of piperidine rings is 1. The van der Waals surface area contributed by atoms with Crippen LogP contribution in [0.15, 0.2) is 42.5 Å². The molecule has 4 nitrogen and oxygen atoms in total. The Bertz CT molecular complexity index is 738. The third-order valence-corrected chi connectivity index (χ3v) is 4.67. The van der Waals surface area contributed by atoms with Crippen molar-refractivity contribution in [1.29, 1.82) is 0 Å². The highest BCUT2D eigenvalue weighted by molar-refractivity contribution is 5.92. The normalized spacial score (nSPS) is 16.0. The summed E-state index contributed by atoms with van der Waals surface area (Å²) in [5.41, 5.74) is 4.45. The third kappa shape index (κ3) is 3.44. The second kappa shape index (κ2) is 7.05. The summed E-state index contributed by atoms with van der Waals surface area (Å²) in [5, 5.41) is 9.54. The van der Waals surface area contributed by atoms with Crippen molar-refractivity contribution in [1.82, 2.24) is 9.47 Å². The minimum absolute atomic E-state index is 0.0198. The zero-order valence-electron chi connectivity index (χ0n) is 14.3. The Kier molecular flexibility index (Phi) is 4.86. The smallest absolute Gasteiger partial charge is 0.246 e. The van der Waals surface area contributed by atoms with Gasteiger partial charge >= 0.3 is 0 Å². The van der Waals surface area contributed by atoms with E-state index in [4.69, 9.17) is 0 Å². The summed E-state index contributed by atoms with van der Waals surface area (Å²) in [4.78, 5) is 14.1. The molecular weight excluding hydrogens is 300 g/mol. The van der Waals surface area contributed by atoms with Gasteiger partial charge < -0.3 is 14.6 Å². The van der Waals surface area contributed by atoms with Gasteiger partial charge in [-0.05, 0) is 56.5 Å². The predicted molar refractivity (Wildman–Crippen MR) is 96.1 cm³/mol. The van der Waals surface area contributed by atoms with Gasteiger partial charge in [-0.2, -0.15) is 0 Å². The third-order valence-electron chi connectivity index (χ3n) is 4.67. The van der Waals surface area contributed by atoms with Crippen LogP contribution in [0.5, 0.6) is 0 Å². The number of rotatable bonds is 3. The van der Waals surface area contributed by atoms with Gasteiger partial charge in [0.05, 0.1) is 6.10 Å². The minimum atomic E-state index is -0.261. The topological polar surface area (TPSA) is 45.5 Å². The quantitative estimate of drug-likeness (QED) is 0.882. The molecule has 0 aliphatic carbocycles. The summed E-state index contributed by atoms with van der Waals surface area (Å²) in [7, 11) is 0. The van der Waals surface area contributed by atoms with E-state index in [0.717, 1.165) is 22.6 Å². The molecule has 1 aromatic heterocycles. The van der Waals surface area contributed by atoms with E-state index in [-0.39, 0.29) is 12.0 Å². The Morgan fingerprint density at radius 2 is 1.83 bits per heavy atom. The van der Waals surface area contributed by atoms with E-state index in [0.29, 0.717) is 25.9 Å². The summed E-state index contributed by atoms with van der Waals surface area (Å²) in [5.74, 6) is 0.0198. The fourth-order valence-electron chi connectivity index (χ4n) is 3.28. The van der Waals surface area contributed by atoms with Crippen LogP contribution in [0.4, 0.5) is 0 Å². The molecule has 2 aromatic rings. The van der Waals surface area contributed by atoms with Crippen LogP contribution in [-0.2, 0) is 4.79 Å². The van der Waals surface area contributed by atoms with E-state index in [1.165, 1.54) is 0 Å². The van der Waals surface area contributed by atoms with Crippen molar-refractivity contribution in [2.45, 2.75) is 32.8 Å². The van der Waals surface area contributed by atoms with Gasteiger partial charge in [-0.15, -0.1) is 0 Å². The maximum Gasteiger partial charge on any atom is 0.246 e. The van der Waals surface area contributed by atoms with Crippen LogP contribution in [0.3, 0.4) is 0 Å². The standard InChI is InChI=1S/C20H24N2O2/c1-15-14-17(16(2)22(15)18-6-4-3-5-7-18)8-9-20(24)21-12-10-19(23)11-13-21/h3-9,14,19,23H,10-13H2,1-2H3/b9-8+. The largest absolute Gasteiger partial charge is 0.393 e. The Hall–Kier alpha value is -2.33. The first-order valence-electron chi connectivity index (χ1n) is 8.45. The number of benzene rings is 1. The number of carbonyl (C=O) groups is 1. The summed E-state index contributed by atoms with van der Waals surface area (Å²) >= 11 is 0. The molecule has 1 aromatic carbocycles. The molecule has 1 aliphatic heterocycles. The Morgan fingerprint density at radius 1 is 1.17 bits per heavy atom. The van der Waals surface area contributed by atoms with E-state index in [1.807, 2.05) is 24.3 Å². The molecule has 0 radical (unpaired) electrons. The Morgan fingerprint density at radius 3 is 2.50 bits per heavy atom. The molecule has 0 atom stereocenters. The number of aliphatic hydroxyl groups is 1. The van der Waals surface area contributed by atoms with Gasteiger partial charge in [-0.1, -0.05) is 18.2 Å². The van der Waals surface area contributed by atoms with Crippen LogP contribution in [0.25, 0.3) is 11.8 Å². The SMILES string of the molecule is Cc1cc(/C=C/C(=O)N2CCC(O)CC2)c(C)n1-c1ccccc1. The molecule has 1 amide bonds. The molecule has 0 bridgehead atoms. The lowest BCUT2D eigenvalue weighted by Crippen LogP contribution is -2.39. The minimum Gasteiger partial charge on any atom is -0.393 e. The number of hydrogen-bond donors (Lipinski definition) is 1. The number of para-hydroxylation sites is 1. The molecule has 2 heterocycles. The average molecular weight is 324 g/mol. The van der Waals surface area contributed by atoms with Crippen molar-refractivity contribution < 1.29 is 9.90 Å². The van der Waals surface area contributed by atoms with Gasteiger partial charge in [-0.25, -0.2) is 0 Å². The summed E-state index contributed by atoms with van der Waals surface area (Å²) in [6, 6.07) is 12.3. The fraction of sp³-hybridized carbons (Fsp3) is 0.350. The molecular formula is C20H24N2O2. The number of amides is 1. The van der Waals surface area contributed by atoms with Crippen LogP contribution in [0.2, 0.25) is 0 Å². The molecule has 1 fully saturated rings. The number of aryl methyl sites for hydroxylation is 1. The van der Waals surface area contributed by atoms with Crippen LogP contribution < -0.4 is 0 Å². The maximum atomic E-state index is 12.3. The van der Waals surface area contributed by atoms with Crippen LogP contribution in [0.1, 0.15) is 29.8 Å². The highest BCUT2D eigenvalue weighted by Gasteiger charge is 2.19. The molecule has 126 valence electrons. The number of nitrogens with zero attached hydrogens (tertiary/aromatic N) is 2. The lowest BCUT2D eigenvalue weighted by Gasteiger charge is -2.28. The summed E-state index contributed by atoms with van der Waals surface area (Å²) < 4.78 is 2.20. The van der Waals surface area contributed by atoms with Gasteiger partial charge in [-0.3, -0.25) is 4.79 Å². The van der Waals surface area contributed by atoms with Crippen molar-refractivity contribution in [3.8, 4) is 5.69 Å². The Balaban J connectivity index is 1.77. The maximum absolute atomic E-state index is 12.3. The number of carbonyl (C=O) groups excluding carboxylic acids is 1. The first-order valence-corrected chi connectivity index (χ1v) is 8.45. The summed E-state index contributed by atoms with van der Waals surface area (Å²) in [6.45, 7) is 5.41. The molecule has 1 saturated heterocycles. The number of aliphatic hydroxyl groups excluding tert-OH is 1. The highest BCUT2D eigenvalue weighted by Crippen LogP contribution is 2.22. The predicted octanol–water partition coefficient (Wildman–Crippen LogP) is 3.09. The first-order chi connectivity index (χ1) is 11.6. The lowest BCUT2D eigenvalue weighted by atomic mass is 10.1. The molecule has 1 N–H and O–H groups in total. The first kappa shape index (κ1) is 16.5. The zero-order valence-corrected chi connectivity index (χ0v) is 14.3. The number of hydrogen-bond acceptors (Lipinski definition) is 2. The van der Waals surface area contributed by atoms with Gasteiger partial charge in [0.2, 0.25) is 5.91 Å². The molecule has 24 heavy (non-hydrogen) atoms. The molecule has 3 rings (SSSR count). The van der Waals surface area contributed by atoms with E-state index in [1.54, 1.807) is 11.0 Å². The van der Waals surface area contributed by atoms with Crippen LogP contribution in [-0.4, -0.2) is 39.7 Å². The van der Waals surface area contributed by atoms with E-state index in [2.05, 4.69) is 36.6 Å². The van der Waals surface area contributed by atoms with E-state index < -0.39 is 0 Å². The highest BCUT2D eigenvalue weighted by atomic mass is 16.3. The average Bonchev–Trinajstić information content (AvgIpc) is 2.88. The van der Waals surface area contributed by atoms with Crippen molar-refractivity contribution >= 4 is 12.0 Å². The van der Waals surface area contributed by atoms with Crippen molar-refractivity contribution in [3.63, 3.8) is 0 Å². The van der Waals surface area contributed by atoms with Gasteiger partial charge in [0.15, 0.2) is 0 Å². The number of aromatic nitrogens is 1. The lowest BCUT2D eigenvalue weighted by molar-refractivity contribution is -0.127.